The molecule has 0 radical (unpaired) electrons. The summed E-state index contributed by atoms with van der Waals surface area (Å²) in [6, 6.07) is 0.318. The lowest BCUT2D eigenvalue weighted by molar-refractivity contribution is -0.252. The highest BCUT2D eigenvalue weighted by Crippen LogP contribution is 2.69. The number of hydrogen-bond acceptors (Lipinski definition) is 7. The number of carbonyl (C=O) groups excluding carboxylic acids is 2. The highest BCUT2D eigenvalue weighted by molar-refractivity contribution is 5.86. The average Bonchev–Trinajstić information content (AvgIpc) is 3.12. The van der Waals surface area contributed by atoms with Gasteiger partial charge in [0, 0.05) is 48.8 Å². The molecule has 9 atom stereocenters. The first-order valence-corrected chi connectivity index (χ1v) is 13.0. The second-order valence-electron chi connectivity index (χ2n) is 12.4. The molecule has 0 amide bonds. The van der Waals surface area contributed by atoms with Gasteiger partial charge in [-0.25, -0.2) is 0 Å². The highest BCUT2D eigenvalue weighted by atomic mass is 16.6. The van der Waals surface area contributed by atoms with Gasteiger partial charge >= 0.3 is 5.97 Å². The Morgan fingerprint density at radius 2 is 1.94 bits per heavy atom. The van der Waals surface area contributed by atoms with Crippen LogP contribution < -0.4 is 5.32 Å². The summed E-state index contributed by atoms with van der Waals surface area (Å²) in [6.07, 6.45) is 2.77. The molecule has 1 saturated heterocycles. The van der Waals surface area contributed by atoms with Crippen LogP contribution in [0.3, 0.4) is 0 Å². The van der Waals surface area contributed by atoms with E-state index < -0.39 is 40.0 Å². The average molecular weight is 477 g/mol. The quantitative estimate of drug-likeness (QED) is 0.423. The number of nitrogens with zero attached hydrogens (tertiary/aromatic N) is 1. The Bertz CT molecular complexity index is 849. The fourth-order valence-electron chi connectivity index (χ4n) is 8.10. The molecule has 3 saturated carbocycles. The molecule has 192 valence electrons. The van der Waals surface area contributed by atoms with E-state index in [0.717, 1.165) is 19.6 Å². The lowest BCUT2D eigenvalue weighted by Crippen LogP contribution is -2.69. The first kappa shape index (κ1) is 25.8. The number of ether oxygens (including phenoxy) is 1. The summed E-state index contributed by atoms with van der Waals surface area (Å²) in [5, 5.41) is 26.6. The topological polar surface area (TPSA) is 99.1 Å². The minimum Gasteiger partial charge on any atom is -0.458 e. The third kappa shape index (κ3) is 3.69. The number of rotatable bonds is 4. The van der Waals surface area contributed by atoms with Crippen LogP contribution in [0.4, 0.5) is 0 Å². The molecule has 1 heterocycles. The SMILES string of the molecule is C=CC1(C)CC(O)C2(C)C3C(=O)CCC3(CCC2(C)OC(=O)CN2CCN[C@H](C)C2)C(C)C1O. The van der Waals surface area contributed by atoms with Crippen LogP contribution in [0.25, 0.3) is 0 Å². The summed E-state index contributed by atoms with van der Waals surface area (Å²) < 4.78 is 6.29. The molecule has 3 aliphatic carbocycles. The Hall–Kier alpha value is -1.28. The summed E-state index contributed by atoms with van der Waals surface area (Å²) in [5.74, 6) is -0.772. The summed E-state index contributed by atoms with van der Waals surface area (Å²) in [7, 11) is 0. The first-order valence-electron chi connectivity index (χ1n) is 13.0. The lowest BCUT2D eigenvalue weighted by atomic mass is 9.42. The fraction of sp³-hybridized carbons (Fsp3) is 0.852. The molecule has 0 aromatic rings. The first-order chi connectivity index (χ1) is 15.8. The van der Waals surface area contributed by atoms with Gasteiger partial charge in [0.05, 0.1) is 18.8 Å². The van der Waals surface area contributed by atoms with Crippen molar-refractivity contribution in [1.29, 1.82) is 0 Å². The normalized spacial score (nSPS) is 49.6. The molecule has 3 N–H and O–H groups in total. The van der Waals surface area contributed by atoms with Crippen molar-refractivity contribution in [2.75, 3.05) is 26.2 Å². The Morgan fingerprint density at radius 1 is 1.24 bits per heavy atom. The molecule has 1 aliphatic heterocycles. The van der Waals surface area contributed by atoms with Crippen LogP contribution in [0.5, 0.6) is 0 Å². The molecule has 34 heavy (non-hydrogen) atoms. The number of ketones is 1. The molecule has 8 unspecified atom stereocenters. The largest absolute Gasteiger partial charge is 0.458 e. The minimum atomic E-state index is -0.985. The molecule has 2 bridgehead atoms. The van der Waals surface area contributed by atoms with E-state index in [1.54, 1.807) is 6.08 Å². The van der Waals surface area contributed by atoms with Crippen molar-refractivity contribution in [3.63, 3.8) is 0 Å². The van der Waals surface area contributed by atoms with Gasteiger partial charge in [-0.2, -0.15) is 0 Å². The van der Waals surface area contributed by atoms with Gasteiger partial charge in [-0.3, -0.25) is 14.5 Å². The smallest absolute Gasteiger partial charge is 0.320 e. The molecular weight excluding hydrogens is 432 g/mol. The van der Waals surface area contributed by atoms with Crippen LogP contribution in [0, 0.1) is 28.1 Å². The highest BCUT2D eigenvalue weighted by Gasteiger charge is 2.72. The number of aliphatic hydroxyl groups is 2. The zero-order valence-electron chi connectivity index (χ0n) is 21.6. The van der Waals surface area contributed by atoms with Crippen molar-refractivity contribution in [1.82, 2.24) is 10.2 Å². The molecule has 4 rings (SSSR count). The van der Waals surface area contributed by atoms with E-state index in [4.69, 9.17) is 4.74 Å². The zero-order valence-corrected chi connectivity index (χ0v) is 21.6. The number of carbonyl (C=O) groups is 2. The van der Waals surface area contributed by atoms with Gasteiger partial charge < -0.3 is 20.3 Å². The maximum absolute atomic E-state index is 13.5. The summed E-state index contributed by atoms with van der Waals surface area (Å²) in [6.45, 7) is 16.5. The van der Waals surface area contributed by atoms with E-state index in [-0.39, 0.29) is 30.6 Å². The maximum Gasteiger partial charge on any atom is 0.320 e. The van der Waals surface area contributed by atoms with Gasteiger partial charge in [0.2, 0.25) is 0 Å². The molecular formula is C27H44N2O5. The Balaban J connectivity index is 1.70. The van der Waals surface area contributed by atoms with Gasteiger partial charge in [-0.1, -0.05) is 26.8 Å². The third-order valence-corrected chi connectivity index (χ3v) is 10.5. The summed E-state index contributed by atoms with van der Waals surface area (Å²) in [5.41, 5.74) is -3.06. The van der Waals surface area contributed by atoms with Crippen LogP contribution >= 0.6 is 0 Å². The number of nitrogens with one attached hydrogen (secondary N) is 1. The molecule has 4 aliphatic rings. The maximum atomic E-state index is 13.5. The van der Waals surface area contributed by atoms with E-state index >= 15 is 0 Å². The van der Waals surface area contributed by atoms with Crippen molar-refractivity contribution in [2.45, 2.75) is 90.6 Å². The van der Waals surface area contributed by atoms with Crippen molar-refractivity contribution >= 4 is 11.8 Å². The van der Waals surface area contributed by atoms with Crippen molar-refractivity contribution in [3.8, 4) is 0 Å². The minimum absolute atomic E-state index is 0.126. The second-order valence-corrected chi connectivity index (χ2v) is 12.4. The van der Waals surface area contributed by atoms with Gasteiger partial charge in [-0.05, 0) is 50.9 Å². The van der Waals surface area contributed by atoms with E-state index in [1.165, 1.54) is 0 Å². The van der Waals surface area contributed by atoms with Crippen molar-refractivity contribution < 1.29 is 24.5 Å². The molecule has 0 aromatic heterocycles. The zero-order chi connectivity index (χ0) is 25.1. The molecule has 7 nitrogen and oxygen atoms in total. The molecule has 0 aromatic carbocycles. The Labute approximate surface area is 204 Å². The predicted molar refractivity (Wildman–Crippen MR) is 130 cm³/mol. The van der Waals surface area contributed by atoms with E-state index in [2.05, 4.69) is 30.6 Å². The number of hydrogen-bond donors (Lipinski definition) is 3. The lowest BCUT2D eigenvalue weighted by Gasteiger charge is -2.64. The standard InChI is InChI=1S/C27H44N2O5/c1-7-24(4)14-20(31)26(6)22-19(30)8-9-27(22,18(3)23(24)33)11-10-25(26,5)34-21(32)16-29-13-12-28-17(2)15-29/h7,17-18,20,22-23,28,31,33H,1,8-16H2,2-6H3/t17-,18?,20?,22?,23?,24?,25?,26?,27?/m1/s1. The number of esters is 1. The van der Waals surface area contributed by atoms with E-state index in [0.29, 0.717) is 31.7 Å². The van der Waals surface area contributed by atoms with Crippen molar-refractivity contribution in [2.24, 2.45) is 28.1 Å². The van der Waals surface area contributed by atoms with Crippen LogP contribution in [-0.2, 0) is 14.3 Å². The van der Waals surface area contributed by atoms with Crippen LogP contribution in [0.2, 0.25) is 0 Å². The molecule has 7 heteroatoms. The molecule has 0 spiro atoms. The van der Waals surface area contributed by atoms with Crippen LogP contribution in [0.15, 0.2) is 12.7 Å². The van der Waals surface area contributed by atoms with Crippen LogP contribution in [-0.4, -0.2) is 76.9 Å². The third-order valence-electron chi connectivity index (χ3n) is 10.5. The fourth-order valence-corrected chi connectivity index (χ4v) is 8.10. The van der Waals surface area contributed by atoms with Crippen molar-refractivity contribution in [3.05, 3.63) is 12.7 Å². The summed E-state index contributed by atoms with van der Waals surface area (Å²) in [4.78, 5) is 28.8. The van der Waals surface area contributed by atoms with Crippen LogP contribution in [0.1, 0.15) is 66.7 Å². The van der Waals surface area contributed by atoms with E-state index in [1.807, 2.05) is 20.8 Å². The van der Waals surface area contributed by atoms with Gasteiger partial charge in [-0.15, -0.1) is 6.58 Å². The van der Waals surface area contributed by atoms with Gasteiger partial charge in [0.1, 0.15) is 11.4 Å². The number of aliphatic hydroxyl groups excluding tert-OH is 2. The second kappa shape index (κ2) is 8.68. The Morgan fingerprint density at radius 3 is 2.59 bits per heavy atom. The van der Waals surface area contributed by atoms with Gasteiger partial charge in [0.15, 0.2) is 0 Å². The van der Waals surface area contributed by atoms with E-state index in [9.17, 15) is 19.8 Å². The monoisotopic (exact) mass is 476 g/mol. The molecule has 4 fully saturated rings. The Kier molecular flexibility index (Phi) is 6.59. The van der Waals surface area contributed by atoms with Gasteiger partial charge in [0.25, 0.3) is 0 Å². The number of piperazine rings is 1. The number of Topliss-reactive ketones (excluding diaryl/α,β-unsaturated/α-hetero) is 1. The summed E-state index contributed by atoms with van der Waals surface area (Å²) >= 11 is 0. The predicted octanol–water partition coefficient (Wildman–Crippen LogP) is 2.30.